The lowest BCUT2D eigenvalue weighted by molar-refractivity contribution is -0.113. The van der Waals surface area contributed by atoms with E-state index in [0.717, 1.165) is 44.9 Å². The first-order valence-corrected chi connectivity index (χ1v) is 13.1. The van der Waals surface area contributed by atoms with E-state index in [4.69, 9.17) is 14.2 Å². The lowest BCUT2D eigenvalue weighted by Gasteiger charge is -2.19. The molecule has 182 valence electrons. The van der Waals surface area contributed by atoms with Gasteiger partial charge in [0.1, 0.15) is 19.0 Å². The van der Waals surface area contributed by atoms with Crippen LogP contribution in [0.2, 0.25) is 0 Å². The fraction of sp³-hybridized carbons (Fsp3) is 0.200. The van der Waals surface area contributed by atoms with Crippen molar-refractivity contribution in [2.45, 2.75) is 12.1 Å². The average Bonchev–Trinajstić information content (AvgIpc) is 3.54. The third-order valence-electron chi connectivity index (χ3n) is 5.76. The molecule has 1 aliphatic heterocycles. The van der Waals surface area contributed by atoms with Gasteiger partial charge in [-0.3, -0.25) is 9.20 Å². The summed E-state index contributed by atoms with van der Waals surface area (Å²) in [7, 11) is 1.63. The van der Waals surface area contributed by atoms with E-state index in [1.807, 2.05) is 53.1 Å². The van der Waals surface area contributed by atoms with Gasteiger partial charge in [-0.1, -0.05) is 11.8 Å². The molecule has 1 N–H and O–H groups in total. The number of rotatable bonds is 6. The van der Waals surface area contributed by atoms with Crippen LogP contribution in [0.4, 0.5) is 5.13 Å². The zero-order chi connectivity index (χ0) is 24.6. The number of benzene rings is 2. The smallest absolute Gasteiger partial charge is 0.236 e. The largest absolute Gasteiger partial charge is 0.497 e. The van der Waals surface area contributed by atoms with Crippen molar-refractivity contribution in [3.8, 4) is 28.5 Å². The number of nitrogens with one attached hydrogen (secondary N) is 1. The molecule has 6 rings (SSSR count). The summed E-state index contributed by atoms with van der Waals surface area (Å²) in [6, 6.07) is 13.6. The van der Waals surface area contributed by atoms with Gasteiger partial charge in [0.05, 0.1) is 24.1 Å². The van der Waals surface area contributed by atoms with Crippen LogP contribution >= 0.6 is 23.1 Å². The zero-order valence-electron chi connectivity index (χ0n) is 19.5. The number of carbonyl (C=O) groups is 1. The fourth-order valence-electron chi connectivity index (χ4n) is 4.05. The molecular formula is C25H21N5O4S2. The summed E-state index contributed by atoms with van der Waals surface area (Å²) in [5, 5.41) is 15.7. The monoisotopic (exact) mass is 519 g/mol. The molecule has 1 amide bonds. The molecule has 0 fully saturated rings. The Morgan fingerprint density at radius 2 is 1.92 bits per heavy atom. The number of thiazole rings is 1. The minimum Gasteiger partial charge on any atom is -0.497 e. The van der Waals surface area contributed by atoms with Crippen molar-refractivity contribution in [2.75, 3.05) is 31.4 Å². The van der Waals surface area contributed by atoms with Crippen LogP contribution < -0.4 is 19.5 Å². The Morgan fingerprint density at radius 3 is 2.69 bits per heavy atom. The highest BCUT2D eigenvalue weighted by Crippen LogP contribution is 2.36. The van der Waals surface area contributed by atoms with Crippen LogP contribution in [0.5, 0.6) is 17.2 Å². The topological polar surface area (TPSA) is 99.9 Å². The van der Waals surface area contributed by atoms with Crippen LogP contribution in [0, 0.1) is 6.92 Å². The maximum atomic E-state index is 12.7. The molecule has 0 atom stereocenters. The van der Waals surface area contributed by atoms with E-state index in [1.165, 1.54) is 23.1 Å². The minimum atomic E-state index is -0.168. The van der Waals surface area contributed by atoms with Crippen molar-refractivity contribution in [1.82, 2.24) is 19.6 Å². The van der Waals surface area contributed by atoms with Crippen molar-refractivity contribution in [3.05, 3.63) is 53.4 Å². The second kappa shape index (κ2) is 9.32. The molecule has 9 nitrogen and oxygen atoms in total. The predicted octanol–water partition coefficient (Wildman–Crippen LogP) is 4.83. The number of ether oxygens (including phenoxy) is 3. The van der Waals surface area contributed by atoms with E-state index in [-0.39, 0.29) is 11.7 Å². The molecule has 0 aliphatic carbocycles. The van der Waals surface area contributed by atoms with Crippen molar-refractivity contribution < 1.29 is 19.0 Å². The summed E-state index contributed by atoms with van der Waals surface area (Å²) in [5.74, 6) is 2.20. The van der Waals surface area contributed by atoms with Crippen LogP contribution in [0.15, 0.2) is 53.0 Å². The number of nitrogens with zero attached hydrogens (tertiary/aromatic N) is 4. The van der Waals surface area contributed by atoms with E-state index < -0.39 is 0 Å². The summed E-state index contributed by atoms with van der Waals surface area (Å²) in [6.45, 7) is 3.03. The number of carbonyl (C=O) groups excluding carboxylic acids is 1. The first kappa shape index (κ1) is 22.6. The first-order chi connectivity index (χ1) is 17.6. The molecule has 11 heteroatoms. The molecule has 0 bridgehead atoms. The molecule has 36 heavy (non-hydrogen) atoms. The Labute approximate surface area is 214 Å². The van der Waals surface area contributed by atoms with Crippen LogP contribution in [-0.2, 0) is 4.79 Å². The number of anilines is 1. The van der Waals surface area contributed by atoms with Crippen molar-refractivity contribution in [3.63, 3.8) is 0 Å². The number of hydrogen-bond donors (Lipinski definition) is 1. The minimum absolute atomic E-state index is 0.165. The average molecular weight is 520 g/mol. The third-order valence-corrected chi connectivity index (χ3v) is 7.45. The number of hydrogen-bond acceptors (Lipinski definition) is 9. The van der Waals surface area contributed by atoms with Gasteiger partial charge < -0.3 is 19.5 Å². The summed E-state index contributed by atoms with van der Waals surface area (Å²) in [4.78, 5) is 17.3. The van der Waals surface area contributed by atoms with Crippen LogP contribution in [-0.4, -0.2) is 51.6 Å². The molecular weight excluding hydrogens is 498 g/mol. The SMILES string of the molecule is COc1ccc(-c2csc(NC(=O)CSc3nnc4c(C)cc5cc6c(cc5n34)OCCO6)n2)cc1. The Balaban J connectivity index is 1.20. The predicted molar refractivity (Wildman–Crippen MR) is 140 cm³/mol. The molecule has 0 saturated carbocycles. The molecule has 0 unspecified atom stereocenters. The third kappa shape index (κ3) is 4.20. The number of methoxy groups -OCH3 is 1. The highest BCUT2D eigenvalue weighted by Gasteiger charge is 2.19. The number of aryl methyl sites for hydroxylation is 1. The summed E-state index contributed by atoms with van der Waals surface area (Å²) < 4.78 is 18.7. The zero-order valence-corrected chi connectivity index (χ0v) is 21.1. The van der Waals surface area contributed by atoms with Gasteiger partial charge in [0.25, 0.3) is 0 Å². The van der Waals surface area contributed by atoms with Gasteiger partial charge in [0, 0.05) is 22.4 Å². The van der Waals surface area contributed by atoms with Crippen molar-refractivity contribution in [1.29, 1.82) is 0 Å². The van der Waals surface area contributed by atoms with Gasteiger partial charge in [-0.05, 0) is 48.9 Å². The lowest BCUT2D eigenvalue weighted by atomic mass is 10.1. The van der Waals surface area contributed by atoms with Crippen molar-refractivity contribution >= 4 is 50.7 Å². The molecule has 0 saturated heterocycles. The summed E-state index contributed by atoms with van der Waals surface area (Å²) in [6.07, 6.45) is 0. The van der Waals surface area contributed by atoms with E-state index >= 15 is 0 Å². The standard InChI is InChI=1S/C25H21N5O4S2/c1-14-9-16-10-20-21(34-8-7-33-20)11-19(16)30-23(14)28-29-25(30)36-13-22(31)27-24-26-18(12-35-24)15-3-5-17(32-2)6-4-15/h3-6,9-12H,7-8,13H2,1-2H3,(H,26,27,31). The first-order valence-electron chi connectivity index (χ1n) is 11.2. The number of fused-ring (bicyclic) bond motifs is 4. The summed E-state index contributed by atoms with van der Waals surface area (Å²) >= 11 is 2.70. The lowest BCUT2D eigenvalue weighted by Crippen LogP contribution is -2.15. The molecule has 2 aromatic carbocycles. The van der Waals surface area contributed by atoms with Gasteiger partial charge in [-0.15, -0.1) is 21.5 Å². The van der Waals surface area contributed by atoms with Gasteiger partial charge >= 0.3 is 0 Å². The highest BCUT2D eigenvalue weighted by molar-refractivity contribution is 7.99. The Hall–Kier alpha value is -3.83. The van der Waals surface area contributed by atoms with E-state index in [0.29, 0.717) is 29.3 Å². The Kier molecular flexibility index (Phi) is 5.86. The second-order valence-electron chi connectivity index (χ2n) is 8.13. The number of thioether (sulfide) groups is 1. The normalized spacial score (nSPS) is 12.7. The number of aromatic nitrogens is 4. The molecule has 3 aromatic heterocycles. The van der Waals surface area contributed by atoms with Gasteiger partial charge in [-0.25, -0.2) is 4.98 Å². The second-order valence-corrected chi connectivity index (χ2v) is 9.93. The molecule has 1 aliphatic rings. The number of amides is 1. The molecule has 0 spiro atoms. The summed E-state index contributed by atoms with van der Waals surface area (Å²) in [5.41, 5.74) is 4.38. The van der Waals surface area contributed by atoms with Gasteiger partial charge in [-0.2, -0.15) is 0 Å². The highest BCUT2D eigenvalue weighted by atomic mass is 32.2. The Morgan fingerprint density at radius 1 is 1.14 bits per heavy atom. The maximum Gasteiger partial charge on any atom is 0.236 e. The van der Waals surface area contributed by atoms with E-state index in [9.17, 15) is 4.79 Å². The quantitative estimate of drug-likeness (QED) is 0.319. The van der Waals surface area contributed by atoms with E-state index in [2.05, 4.69) is 26.6 Å². The van der Waals surface area contributed by atoms with Crippen molar-refractivity contribution in [2.24, 2.45) is 0 Å². The Bertz CT molecular complexity index is 1600. The van der Waals surface area contributed by atoms with Crippen LogP contribution in [0.3, 0.4) is 0 Å². The van der Waals surface area contributed by atoms with Gasteiger partial charge in [0.2, 0.25) is 5.91 Å². The van der Waals surface area contributed by atoms with Crippen LogP contribution in [0.25, 0.3) is 27.8 Å². The van der Waals surface area contributed by atoms with E-state index in [1.54, 1.807) is 7.11 Å². The molecule has 5 aromatic rings. The molecule has 0 radical (unpaired) electrons. The maximum absolute atomic E-state index is 12.7. The van der Waals surface area contributed by atoms with Crippen LogP contribution in [0.1, 0.15) is 5.56 Å². The fourth-order valence-corrected chi connectivity index (χ4v) is 5.53. The number of pyridine rings is 1. The molecule has 4 heterocycles. The van der Waals surface area contributed by atoms with Gasteiger partial charge in [0.15, 0.2) is 27.4 Å².